The largest absolute Gasteiger partial charge is 0.445 e. The third kappa shape index (κ3) is 3.23. The van der Waals surface area contributed by atoms with Crippen molar-refractivity contribution in [1.29, 1.82) is 0 Å². The summed E-state index contributed by atoms with van der Waals surface area (Å²) in [5.41, 5.74) is 6.88. The van der Waals surface area contributed by atoms with E-state index in [2.05, 4.69) is 0 Å². The highest BCUT2D eigenvalue weighted by Crippen LogP contribution is 2.17. The molecule has 1 heterocycles. The molecule has 0 spiro atoms. The molecule has 0 aromatic heterocycles. The fraction of sp³-hybridized carbons (Fsp3) is 0.500. The van der Waals surface area contributed by atoms with E-state index in [9.17, 15) is 4.79 Å². The Kier molecular flexibility index (Phi) is 4.20. The molecule has 2 N–H and O–H groups in total. The number of carbonyl (C=O) groups is 1. The van der Waals surface area contributed by atoms with Crippen molar-refractivity contribution in [3.8, 4) is 0 Å². The van der Waals surface area contributed by atoms with Gasteiger partial charge in [0, 0.05) is 18.6 Å². The molecule has 1 aromatic carbocycles. The lowest BCUT2D eigenvalue weighted by Crippen LogP contribution is -2.48. The number of amides is 1. The first kappa shape index (κ1) is 12.9. The van der Waals surface area contributed by atoms with E-state index in [0.29, 0.717) is 13.2 Å². The van der Waals surface area contributed by atoms with E-state index in [1.165, 1.54) is 0 Å². The second kappa shape index (κ2) is 5.87. The lowest BCUT2D eigenvalue weighted by atomic mass is 10.00. The zero-order valence-corrected chi connectivity index (χ0v) is 10.7. The average Bonchev–Trinajstić information content (AvgIpc) is 2.37. The van der Waals surface area contributed by atoms with E-state index >= 15 is 0 Å². The van der Waals surface area contributed by atoms with Crippen LogP contribution >= 0.6 is 0 Å². The fourth-order valence-corrected chi connectivity index (χ4v) is 2.28. The van der Waals surface area contributed by atoms with Gasteiger partial charge in [-0.3, -0.25) is 0 Å². The minimum absolute atomic E-state index is 0.164. The third-order valence-corrected chi connectivity index (χ3v) is 3.36. The number of hydrogen-bond donors (Lipinski definition) is 1. The Morgan fingerprint density at radius 1 is 1.44 bits per heavy atom. The van der Waals surface area contributed by atoms with Gasteiger partial charge in [0.1, 0.15) is 6.61 Å². The number of rotatable bonds is 2. The summed E-state index contributed by atoms with van der Waals surface area (Å²) in [4.78, 5) is 13.7. The normalized spacial score (nSPS) is 23.8. The number of benzene rings is 1. The van der Waals surface area contributed by atoms with E-state index in [-0.39, 0.29) is 18.2 Å². The Bertz CT molecular complexity index is 394. The monoisotopic (exact) mass is 248 g/mol. The second-order valence-corrected chi connectivity index (χ2v) is 4.87. The lowest BCUT2D eigenvalue weighted by molar-refractivity contribution is 0.0690. The molecular formula is C14H20N2O2. The van der Waals surface area contributed by atoms with Crippen molar-refractivity contribution in [2.45, 2.75) is 38.5 Å². The van der Waals surface area contributed by atoms with Crippen molar-refractivity contribution in [3.05, 3.63) is 35.9 Å². The van der Waals surface area contributed by atoms with E-state index in [1.54, 1.807) is 4.90 Å². The van der Waals surface area contributed by atoms with Crippen molar-refractivity contribution >= 4 is 6.09 Å². The topological polar surface area (TPSA) is 55.6 Å². The van der Waals surface area contributed by atoms with Crippen LogP contribution in [-0.4, -0.2) is 29.6 Å². The molecule has 98 valence electrons. The molecule has 1 aliphatic heterocycles. The Morgan fingerprint density at radius 3 is 2.83 bits per heavy atom. The minimum atomic E-state index is -0.238. The SMILES string of the molecule is C[C@H]1C[C@H](N)CCN1C(=O)OCc1ccccc1. The first-order valence-electron chi connectivity index (χ1n) is 6.39. The van der Waals surface area contributed by atoms with Crippen molar-refractivity contribution in [2.75, 3.05) is 6.54 Å². The van der Waals surface area contributed by atoms with Gasteiger partial charge in [-0.25, -0.2) is 4.79 Å². The molecule has 0 unspecified atom stereocenters. The van der Waals surface area contributed by atoms with E-state index < -0.39 is 0 Å². The summed E-state index contributed by atoms with van der Waals surface area (Å²) in [5.74, 6) is 0. The van der Waals surface area contributed by atoms with Gasteiger partial charge in [0.15, 0.2) is 0 Å². The number of piperidine rings is 1. The fourth-order valence-electron chi connectivity index (χ4n) is 2.28. The van der Waals surface area contributed by atoms with E-state index in [0.717, 1.165) is 18.4 Å². The van der Waals surface area contributed by atoms with Crippen LogP contribution in [0.2, 0.25) is 0 Å². The smallest absolute Gasteiger partial charge is 0.410 e. The van der Waals surface area contributed by atoms with Crippen LogP contribution in [0.4, 0.5) is 4.79 Å². The highest BCUT2D eigenvalue weighted by Gasteiger charge is 2.27. The van der Waals surface area contributed by atoms with Gasteiger partial charge in [0.2, 0.25) is 0 Å². The van der Waals surface area contributed by atoms with Crippen LogP contribution in [0.25, 0.3) is 0 Å². The molecule has 0 radical (unpaired) electrons. The van der Waals surface area contributed by atoms with Crippen molar-refractivity contribution in [2.24, 2.45) is 5.73 Å². The van der Waals surface area contributed by atoms with Gasteiger partial charge in [0.05, 0.1) is 0 Å². The molecule has 2 rings (SSSR count). The highest BCUT2D eigenvalue weighted by atomic mass is 16.6. The van der Waals surface area contributed by atoms with Crippen molar-refractivity contribution in [3.63, 3.8) is 0 Å². The van der Waals surface area contributed by atoms with Gasteiger partial charge in [-0.2, -0.15) is 0 Å². The van der Waals surface area contributed by atoms with E-state index in [1.807, 2.05) is 37.3 Å². The van der Waals surface area contributed by atoms with Crippen LogP contribution in [0.1, 0.15) is 25.3 Å². The minimum Gasteiger partial charge on any atom is -0.445 e. The number of carbonyl (C=O) groups excluding carboxylic acids is 1. The van der Waals surface area contributed by atoms with Crippen LogP contribution in [-0.2, 0) is 11.3 Å². The maximum absolute atomic E-state index is 12.0. The predicted octanol–water partition coefficient (Wildman–Crippen LogP) is 2.13. The lowest BCUT2D eigenvalue weighted by Gasteiger charge is -2.35. The van der Waals surface area contributed by atoms with Gasteiger partial charge >= 0.3 is 6.09 Å². The maximum atomic E-state index is 12.0. The number of nitrogens with zero attached hydrogens (tertiary/aromatic N) is 1. The molecule has 18 heavy (non-hydrogen) atoms. The molecule has 4 nitrogen and oxygen atoms in total. The molecule has 0 aliphatic carbocycles. The van der Waals surface area contributed by atoms with Gasteiger partial charge in [-0.15, -0.1) is 0 Å². The molecule has 2 atom stereocenters. The molecular weight excluding hydrogens is 228 g/mol. The Hall–Kier alpha value is -1.55. The van der Waals surface area contributed by atoms with Gasteiger partial charge in [0.25, 0.3) is 0 Å². The molecule has 1 fully saturated rings. The van der Waals surface area contributed by atoms with Crippen LogP contribution in [0.3, 0.4) is 0 Å². The van der Waals surface area contributed by atoms with Crippen molar-refractivity contribution in [1.82, 2.24) is 4.90 Å². The third-order valence-electron chi connectivity index (χ3n) is 3.36. The average molecular weight is 248 g/mol. The Morgan fingerprint density at radius 2 is 2.17 bits per heavy atom. The standard InChI is InChI=1S/C14H20N2O2/c1-11-9-13(15)7-8-16(11)14(17)18-10-12-5-3-2-4-6-12/h2-6,11,13H,7-10,15H2,1H3/t11-,13+/m0/s1. The summed E-state index contributed by atoms with van der Waals surface area (Å²) >= 11 is 0. The Labute approximate surface area is 108 Å². The predicted molar refractivity (Wildman–Crippen MR) is 70.0 cm³/mol. The first-order valence-corrected chi connectivity index (χ1v) is 6.39. The number of likely N-dealkylation sites (tertiary alicyclic amines) is 1. The molecule has 1 aliphatic rings. The zero-order chi connectivity index (χ0) is 13.0. The van der Waals surface area contributed by atoms with Crippen LogP contribution in [0.15, 0.2) is 30.3 Å². The molecule has 4 heteroatoms. The quantitative estimate of drug-likeness (QED) is 0.872. The van der Waals surface area contributed by atoms with Crippen molar-refractivity contribution < 1.29 is 9.53 Å². The molecule has 1 amide bonds. The van der Waals surface area contributed by atoms with Gasteiger partial charge in [-0.1, -0.05) is 30.3 Å². The molecule has 0 bridgehead atoms. The van der Waals surface area contributed by atoms with Gasteiger partial charge in [-0.05, 0) is 25.3 Å². The number of nitrogens with two attached hydrogens (primary N) is 1. The summed E-state index contributed by atoms with van der Waals surface area (Å²) in [6.07, 6.45) is 1.46. The summed E-state index contributed by atoms with van der Waals surface area (Å²) in [6.45, 7) is 3.04. The summed E-state index contributed by atoms with van der Waals surface area (Å²) < 4.78 is 5.32. The number of hydrogen-bond acceptors (Lipinski definition) is 3. The molecule has 1 aromatic rings. The summed E-state index contributed by atoms with van der Waals surface area (Å²) in [7, 11) is 0. The van der Waals surface area contributed by atoms with Gasteiger partial charge < -0.3 is 15.4 Å². The molecule has 1 saturated heterocycles. The first-order chi connectivity index (χ1) is 8.66. The van der Waals surface area contributed by atoms with Crippen LogP contribution in [0.5, 0.6) is 0 Å². The number of ether oxygens (including phenoxy) is 1. The summed E-state index contributed by atoms with van der Waals surface area (Å²) in [5, 5.41) is 0. The van der Waals surface area contributed by atoms with Crippen LogP contribution in [0, 0.1) is 0 Å². The summed E-state index contributed by atoms with van der Waals surface area (Å²) in [6, 6.07) is 10.1. The zero-order valence-electron chi connectivity index (χ0n) is 10.7. The molecule has 0 saturated carbocycles. The van der Waals surface area contributed by atoms with E-state index in [4.69, 9.17) is 10.5 Å². The second-order valence-electron chi connectivity index (χ2n) is 4.87. The Balaban J connectivity index is 1.85. The maximum Gasteiger partial charge on any atom is 0.410 e. The highest BCUT2D eigenvalue weighted by molar-refractivity contribution is 5.68. The van der Waals surface area contributed by atoms with Crippen LogP contribution < -0.4 is 5.73 Å².